The number of nitrogens with one attached hydrogen (secondary N) is 2. The normalized spacial score (nSPS) is 14.6. The van der Waals surface area contributed by atoms with E-state index >= 15 is 0 Å². The Hall–Kier alpha value is -2.61. The minimum atomic E-state index is 0.571. The molecule has 0 spiro atoms. The minimum absolute atomic E-state index is 0.571. The van der Waals surface area contributed by atoms with Gasteiger partial charge in [0.15, 0.2) is 5.65 Å². The topological polar surface area (TPSA) is 70.4 Å². The lowest BCUT2D eigenvalue weighted by Gasteiger charge is -2.15. The maximum Gasteiger partial charge on any atom is 0.152 e. The highest BCUT2D eigenvalue weighted by Crippen LogP contribution is 2.16. The summed E-state index contributed by atoms with van der Waals surface area (Å²) in [5, 5.41) is 11.2. The van der Waals surface area contributed by atoms with Crippen LogP contribution in [-0.4, -0.2) is 58.5 Å². The number of likely N-dealkylation sites (tertiary alicyclic amines) is 1. The van der Waals surface area contributed by atoms with Gasteiger partial charge in [-0.25, -0.2) is 4.98 Å². The molecule has 0 saturated carbocycles. The van der Waals surface area contributed by atoms with Crippen molar-refractivity contribution in [3.8, 4) is 0 Å². The van der Waals surface area contributed by atoms with E-state index in [1.54, 1.807) is 16.9 Å². The van der Waals surface area contributed by atoms with Crippen LogP contribution in [-0.2, 0) is 6.54 Å². The molecule has 8 heteroatoms. The number of hydrogen-bond donors (Lipinski definition) is 2. The van der Waals surface area contributed by atoms with Gasteiger partial charge in [-0.2, -0.15) is 9.61 Å². The molecule has 0 aliphatic carbocycles. The Morgan fingerprint density at radius 1 is 1.11 bits per heavy atom. The van der Waals surface area contributed by atoms with Crippen LogP contribution in [0.25, 0.3) is 5.65 Å². The summed E-state index contributed by atoms with van der Waals surface area (Å²) in [6.45, 7) is 5.27. The summed E-state index contributed by atoms with van der Waals surface area (Å²) in [6.07, 6.45) is 10.3. The van der Waals surface area contributed by atoms with Gasteiger partial charge in [0.1, 0.15) is 19.5 Å². The number of fused-ring (bicyclic) bond motifs is 1. The number of anilines is 2. The van der Waals surface area contributed by atoms with E-state index in [0.29, 0.717) is 17.7 Å². The summed E-state index contributed by atoms with van der Waals surface area (Å²) < 4.78 is 1.74. The maximum atomic E-state index is 6.05. The Labute approximate surface area is 167 Å². The molecular weight excluding hydrogens is 349 g/mol. The monoisotopic (exact) mass is 375 g/mol. The van der Waals surface area contributed by atoms with Gasteiger partial charge in [0.2, 0.25) is 0 Å². The van der Waals surface area contributed by atoms with Gasteiger partial charge >= 0.3 is 0 Å². The van der Waals surface area contributed by atoms with Crippen LogP contribution in [0.3, 0.4) is 0 Å². The molecule has 0 unspecified atom stereocenters. The third-order valence-corrected chi connectivity index (χ3v) is 5.10. The van der Waals surface area contributed by atoms with Crippen LogP contribution in [0.4, 0.5) is 11.6 Å². The second-order valence-electron chi connectivity index (χ2n) is 7.26. The molecule has 7 nitrogen and oxygen atoms in total. The van der Waals surface area contributed by atoms with Gasteiger partial charge in [-0.15, -0.1) is 0 Å². The molecule has 28 heavy (non-hydrogen) atoms. The van der Waals surface area contributed by atoms with E-state index in [4.69, 9.17) is 7.85 Å². The lowest BCUT2D eigenvalue weighted by Crippen LogP contribution is -2.21. The fourth-order valence-electron chi connectivity index (χ4n) is 3.57. The molecule has 1 aliphatic heterocycles. The number of pyridine rings is 1. The number of hydrogen-bond acceptors (Lipinski definition) is 6. The summed E-state index contributed by atoms with van der Waals surface area (Å²) in [5.41, 5.74) is 2.34. The van der Waals surface area contributed by atoms with Crippen molar-refractivity contribution < 1.29 is 0 Å². The van der Waals surface area contributed by atoms with Crippen LogP contribution in [0.2, 0.25) is 0 Å². The maximum absolute atomic E-state index is 6.05. The van der Waals surface area contributed by atoms with E-state index in [1.807, 2.05) is 24.4 Å². The van der Waals surface area contributed by atoms with Gasteiger partial charge in [-0.05, 0) is 62.4 Å². The van der Waals surface area contributed by atoms with Gasteiger partial charge in [0.25, 0.3) is 0 Å². The minimum Gasteiger partial charge on any atom is -0.370 e. The lowest BCUT2D eigenvalue weighted by atomic mass is 10.0. The van der Waals surface area contributed by atoms with E-state index in [9.17, 15) is 0 Å². The Balaban J connectivity index is 1.37. The Bertz CT molecular complexity index is 890. The van der Waals surface area contributed by atoms with Crippen molar-refractivity contribution >= 4 is 30.6 Å². The summed E-state index contributed by atoms with van der Waals surface area (Å²) >= 11 is 0. The standard InChI is InChI=1S/C20H26BN7/c21-17-15-25-28-19(24-14-16-6-5-7-22-13-16)12-18(26-20(17)28)23-8-1-2-9-27-10-3-4-11-27/h5-7,12-13,15,24H,1-4,8-11,14H2,(H,23,26). The highest BCUT2D eigenvalue weighted by Gasteiger charge is 2.11. The number of aromatic nitrogens is 4. The molecular formula is C20H26BN7. The average molecular weight is 375 g/mol. The molecule has 4 heterocycles. The molecule has 1 saturated heterocycles. The average Bonchev–Trinajstić information content (AvgIpc) is 3.37. The second kappa shape index (κ2) is 9.06. The number of unbranched alkanes of at least 4 members (excludes halogenated alkanes) is 1. The van der Waals surface area contributed by atoms with Crippen LogP contribution >= 0.6 is 0 Å². The predicted octanol–water partition coefficient (Wildman–Crippen LogP) is 1.82. The van der Waals surface area contributed by atoms with Gasteiger partial charge < -0.3 is 15.5 Å². The van der Waals surface area contributed by atoms with E-state index < -0.39 is 0 Å². The first-order chi connectivity index (χ1) is 13.8. The first-order valence-electron chi connectivity index (χ1n) is 10.0. The molecule has 4 rings (SSSR count). The smallest absolute Gasteiger partial charge is 0.152 e. The molecule has 2 N–H and O–H groups in total. The molecule has 2 radical (unpaired) electrons. The van der Waals surface area contributed by atoms with E-state index in [2.05, 4.69) is 30.6 Å². The van der Waals surface area contributed by atoms with Crippen LogP contribution in [0.15, 0.2) is 36.8 Å². The zero-order valence-electron chi connectivity index (χ0n) is 16.1. The van der Waals surface area contributed by atoms with Crippen molar-refractivity contribution in [1.29, 1.82) is 0 Å². The van der Waals surface area contributed by atoms with Gasteiger partial charge in [0, 0.05) is 37.7 Å². The summed E-state index contributed by atoms with van der Waals surface area (Å²) in [5.74, 6) is 1.67. The van der Waals surface area contributed by atoms with Gasteiger partial charge in [-0.3, -0.25) is 4.98 Å². The van der Waals surface area contributed by atoms with Crippen molar-refractivity contribution in [2.75, 3.05) is 36.8 Å². The van der Waals surface area contributed by atoms with Crippen molar-refractivity contribution in [2.45, 2.75) is 32.2 Å². The Kier molecular flexibility index (Phi) is 6.06. The van der Waals surface area contributed by atoms with E-state index in [1.165, 1.54) is 38.9 Å². The molecule has 0 atom stereocenters. The summed E-state index contributed by atoms with van der Waals surface area (Å²) in [4.78, 5) is 11.3. The number of rotatable bonds is 9. The lowest BCUT2D eigenvalue weighted by molar-refractivity contribution is 0.331. The predicted molar refractivity (Wildman–Crippen MR) is 113 cm³/mol. The molecule has 3 aromatic heterocycles. The fourth-order valence-corrected chi connectivity index (χ4v) is 3.57. The quantitative estimate of drug-likeness (QED) is 0.439. The molecule has 0 bridgehead atoms. The van der Waals surface area contributed by atoms with E-state index in [-0.39, 0.29) is 0 Å². The highest BCUT2D eigenvalue weighted by atomic mass is 15.3. The molecule has 0 aromatic carbocycles. The van der Waals surface area contributed by atoms with Gasteiger partial charge in [-0.1, -0.05) is 6.07 Å². The molecule has 1 aliphatic rings. The first-order valence-corrected chi connectivity index (χ1v) is 10.0. The summed E-state index contributed by atoms with van der Waals surface area (Å²) in [7, 11) is 6.05. The van der Waals surface area contributed by atoms with Crippen LogP contribution in [0, 0.1) is 0 Å². The zero-order chi connectivity index (χ0) is 19.2. The third-order valence-electron chi connectivity index (χ3n) is 5.10. The molecule has 144 valence electrons. The molecule has 3 aromatic rings. The first kappa shape index (κ1) is 18.7. The third kappa shape index (κ3) is 4.62. The van der Waals surface area contributed by atoms with Gasteiger partial charge in [0.05, 0.1) is 0 Å². The van der Waals surface area contributed by atoms with Crippen LogP contribution in [0.5, 0.6) is 0 Å². The van der Waals surface area contributed by atoms with Crippen molar-refractivity contribution in [2.24, 2.45) is 0 Å². The highest BCUT2D eigenvalue weighted by molar-refractivity contribution is 6.36. The van der Waals surface area contributed by atoms with Crippen LogP contribution in [0.1, 0.15) is 31.2 Å². The van der Waals surface area contributed by atoms with Crippen molar-refractivity contribution in [3.63, 3.8) is 0 Å². The largest absolute Gasteiger partial charge is 0.370 e. The van der Waals surface area contributed by atoms with Crippen molar-refractivity contribution in [1.82, 2.24) is 24.5 Å². The second-order valence-corrected chi connectivity index (χ2v) is 7.26. The van der Waals surface area contributed by atoms with E-state index in [0.717, 1.165) is 30.2 Å². The fraction of sp³-hybridized carbons (Fsp3) is 0.450. The Morgan fingerprint density at radius 2 is 2.00 bits per heavy atom. The Morgan fingerprint density at radius 3 is 2.82 bits per heavy atom. The van der Waals surface area contributed by atoms with Crippen molar-refractivity contribution in [3.05, 3.63) is 42.4 Å². The zero-order valence-corrected chi connectivity index (χ0v) is 16.1. The number of nitrogens with zero attached hydrogens (tertiary/aromatic N) is 5. The molecule has 0 amide bonds. The molecule has 1 fully saturated rings. The van der Waals surface area contributed by atoms with Crippen LogP contribution < -0.4 is 16.1 Å². The SMILES string of the molecule is [B]c1cnn2c(NCc3cccnc3)cc(NCCCCN3CCCC3)nc12. The summed E-state index contributed by atoms with van der Waals surface area (Å²) in [6, 6.07) is 5.95.